The molecule has 144 valence electrons. The lowest BCUT2D eigenvalue weighted by molar-refractivity contribution is 0.156. The summed E-state index contributed by atoms with van der Waals surface area (Å²) in [6.07, 6.45) is -1.28. The van der Waals surface area contributed by atoms with Crippen molar-refractivity contribution in [3.63, 3.8) is 0 Å². The Balaban J connectivity index is 1.65. The summed E-state index contributed by atoms with van der Waals surface area (Å²) in [4.78, 5) is 18.0. The van der Waals surface area contributed by atoms with Crippen LogP contribution in [0.4, 0.5) is 4.79 Å². The summed E-state index contributed by atoms with van der Waals surface area (Å²) in [5, 5.41) is 15.3. The molecule has 0 aliphatic carbocycles. The highest BCUT2D eigenvalue weighted by Gasteiger charge is 2.26. The Morgan fingerprint density at radius 1 is 1.14 bits per heavy atom. The Bertz CT molecular complexity index is 971. The van der Waals surface area contributed by atoms with E-state index in [-0.39, 0.29) is 6.09 Å². The normalized spacial score (nSPS) is 14.9. The monoisotopic (exact) mass is 378 g/mol. The molecule has 7 heteroatoms. The number of hydrogen-bond donors (Lipinski definition) is 1. The van der Waals surface area contributed by atoms with Crippen molar-refractivity contribution >= 4 is 6.09 Å². The Labute approximate surface area is 163 Å². The van der Waals surface area contributed by atoms with E-state index >= 15 is 0 Å². The van der Waals surface area contributed by atoms with E-state index in [4.69, 9.17) is 4.74 Å². The lowest BCUT2D eigenvalue weighted by atomic mass is 10.1. The number of aryl methyl sites for hydroxylation is 1. The van der Waals surface area contributed by atoms with E-state index in [0.29, 0.717) is 37.9 Å². The highest BCUT2D eigenvalue weighted by atomic mass is 16.6. The van der Waals surface area contributed by atoms with Crippen LogP contribution in [-0.4, -0.2) is 44.0 Å². The molecule has 1 aliphatic heterocycles. The maximum absolute atomic E-state index is 11.9. The zero-order chi connectivity index (χ0) is 19.5. The summed E-state index contributed by atoms with van der Waals surface area (Å²) >= 11 is 0. The Kier molecular flexibility index (Phi) is 5.08. The average molecular weight is 378 g/mol. The minimum Gasteiger partial charge on any atom is -0.448 e. The molecule has 1 fully saturated rings. The molecule has 2 heterocycles. The van der Waals surface area contributed by atoms with Crippen LogP contribution in [0.3, 0.4) is 0 Å². The molecule has 0 bridgehead atoms. The van der Waals surface area contributed by atoms with Gasteiger partial charge >= 0.3 is 6.09 Å². The fraction of sp³-hybridized carbons (Fsp3) is 0.286. The number of aromatic nitrogens is 3. The third-order valence-corrected chi connectivity index (χ3v) is 4.72. The van der Waals surface area contributed by atoms with Gasteiger partial charge in [-0.3, -0.25) is 4.90 Å². The maximum Gasteiger partial charge on any atom is 0.410 e. The lowest BCUT2D eigenvalue weighted by Gasteiger charge is -2.13. The molecule has 1 saturated heterocycles. The molecule has 4 rings (SSSR count). The number of amides is 1. The molecule has 7 nitrogen and oxygen atoms in total. The van der Waals surface area contributed by atoms with Gasteiger partial charge in [-0.15, -0.1) is 0 Å². The predicted octanol–water partition coefficient (Wildman–Crippen LogP) is 2.67. The van der Waals surface area contributed by atoms with E-state index in [9.17, 15) is 9.90 Å². The summed E-state index contributed by atoms with van der Waals surface area (Å²) in [5.74, 6) is 0.937. The van der Waals surface area contributed by atoms with Crippen molar-refractivity contribution in [3.8, 4) is 0 Å². The summed E-state index contributed by atoms with van der Waals surface area (Å²) in [6, 6.07) is 17.4. The van der Waals surface area contributed by atoms with E-state index < -0.39 is 6.10 Å². The summed E-state index contributed by atoms with van der Waals surface area (Å²) < 4.78 is 6.77. The molecule has 0 radical (unpaired) electrons. The van der Waals surface area contributed by atoms with Crippen LogP contribution in [0, 0.1) is 6.92 Å². The van der Waals surface area contributed by atoms with Gasteiger partial charge in [0.05, 0.1) is 19.6 Å². The van der Waals surface area contributed by atoms with Crippen molar-refractivity contribution < 1.29 is 14.6 Å². The van der Waals surface area contributed by atoms with Crippen molar-refractivity contribution in [1.29, 1.82) is 0 Å². The van der Waals surface area contributed by atoms with E-state index in [1.54, 1.807) is 9.58 Å². The van der Waals surface area contributed by atoms with Crippen LogP contribution >= 0.6 is 0 Å². The molecule has 0 spiro atoms. The van der Waals surface area contributed by atoms with E-state index in [1.165, 1.54) is 0 Å². The van der Waals surface area contributed by atoms with Crippen molar-refractivity contribution in [2.75, 3.05) is 13.2 Å². The number of benzene rings is 2. The van der Waals surface area contributed by atoms with Crippen LogP contribution in [0.1, 0.15) is 34.4 Å². The van der Waals surface area contributed by atoms with Gasteiger partial charge in [-0.2, -0.15) is 5.10 Å². The molecule has 1 amide bonds. The van der Waals surface area contributed by atoms with Crippen molar-refractivity contribution in [1.82, 2.24) is 19.7 Å². The van der Waals surface area contributed by atoms with Crippen molar-refractivity contribution in [3.05, 3.63) is 82.9 Å². The third kappa shape index (κ3) is 3.89. The zero-order valence-electron chi connectivity index (χ0n) is 15.7. The largest absolute Gasteiger partial charge is 0.448 e. The van der Waals surface area contributed by atoms with E-state index in [2.05, 4.69) is 16.1 Å². The molecule has 0 unspecified atom stereocenters. The highest BCUT2D eigenvalue weighted by molar-refractivity contribution is 5.69. The number of aliphatic hydroxyl groups is 1. The molecule has 1 aliphatic rings. The minimum absolute atomic E-state index is 0.291. The topological polar surface area (TPSA) is 80.5 Å². The molecule has 1 atom stereocenters. The highest BCUT2D eigenvalue weighted by Crippen LogP contribution is 2.21. The van der Waals surface area contributed by atoms with Gasteiger partial charge in [0.2, 0.25) is 0 Å². The molecule has 2 aromatic carbocycles. The number of cyclic esters (lactones) is 1. The number of carbonyl (C=O) groups excluding carboxylic acids is 1. The van der Waals surface area contributed by atoms with Crippen LogP contribution in [0.5, 0.6) is 0 Å². The first-order valence-corrected chi connectivity index (χ1v) is 9.24. The van der Waals surface area contributed by atoms with Gasteiger partial charge in [0.25, 0.3) is 0 Å². The second-order valence-corrected chi connectivity index (χ2v) is 6.88. The van der Waals surface area contributed by atoms with Gasteiger partial charge in [-0.1, -0.05) is 60.2 Å². The standard InChI is InChI=1S/C21H22N4O3/c1-15-6-5-7-16(12-15)13-25-18(14-24-10-11-28-21(24)27)22-20(23-25)19(26)17-8-3-2-4-9-17/h2-9,12,19,26H,10-11,13-14H2,1H3/t19-/m1/s1. The van der Waals surface area contributed by atoms with Gasteiger partial charge in [-0.25, -0.2) is 14.5 Å². The molecule has 0 saturated carbocycles. The average Bonchev–Trinajstić information content (AvgIpc) is 3.29. The SMILES string of the molecule is Cc1cccc(Cn2nc([C@H](O)c3ccccc3)nc2CN2CCOC2=O)c1. The fourth-order valence-corrected chi connectivity index (χ4v) is 3.26. The number of hydrogen-bond acceptors (Lipinski definition) is 5. The summed E-state index contributed by atoms with van der Waals surface area (Å²) in [7, 11) is 0. The lowest BCUT2D eigenvalue weighted by Crippen LogP contribution is -2.26. The van der Waals surface area contributed by atoms with Gasteiger partial charge in [0.1, 0.15) is 18.5 Å². The van der Waals surface area contributed by atoms with E-state index in [0.717, 1.165) is 16.7 Å². The third-order valence-electron chi connectivity index (χ3n) is 4.72. The molecule has 1 aromatic heterocycles. The van der Waals surface area contributed by atoms with Crippen LogP contribution in [-0.2, 0) is 17.8 Å². The van der Waals surface area contributed by atoms with Crippen LogP contribution in [0.25, 0.3) is 0 Å². The number of carbonyl (C=O) groups is 1. The van der Waals surface area contributed by atoms with Crippen LogP contribution < -0.4 is 0 Å². The molecule has 1 N–H and O–H groups in total. The van der Waals surface area contributed by atoms with Gasteiger partial charge in [0.15, 0.2) is 5.82 Å². The second kappa shape index (κ2) is 7.82. The van der Waals surface area contributed by atoms with Crippen LogP contribution in [0.15, 0.2) is 54.6 Å². The molecular formula is C21H22N4O3. The Morgan fingerprint density at radius 3 is 2.68 bits per heavy atom. The number of aliphatic hydroxyl groups excluding tert-OH is 1. The van der Waals surface area contributed by atoms with Gasteiger partial charge in [0, 0.05) is 0 Å². The maximum atomic E-state index is 11.9. The number of rotatable bonds is 6. The first-order chi connectivity index (χ1) is 13.6. The molecular weight excluding hydrogens is 356 g/mol. The van der Waals surface area contributed by atoms with Crippen molar-refractivity contribution in [2.24, 2.45) is 0 Å². The van der Waals surface area contributed by atoms with Gasteiger partial charge < -0.3 is 9.84 Å². The fourth-order valence-electron chi connectivity index (χ4n) is 3.26. The Hall–Kier alpha value is -3.19. The van der Waals surface area contributed by atoms with Gasteiger partial charge in [-0.05, 0) is 18.1 Å². The van der Waals surface area contributed by atoms with Crippen molar-refractivity contribution in [2.45, 2.75) is 26.1 Å². The number of ether oxygens (including phenoxy) is 1. The first-order valence-electron chi connectivity index (χ1n) is 9.24. The zero-order valence-corrected chi connectivity index (χ0v) is 15.7. The summed E-state index contributed by atoms with van der Waals surface area (Å²) in [6.45, 7) is 3.74. The smallest absolute Gasteiger partial charge is 0.410 e. The van der Waals surface area contributed by atoms with Crippen LogP contribution in [0.2, 0.25) is 0 Å². The molecule has 3 aromatic rings. The Morgan fingerprint density at radius 2 is 1.96 bits per heavy atom. The quantitative estimate of drug-likeness (QED) is 0.713. The summed E-state index contributed by atoms with van der Waals surface area (Å²) in [5.41, 5.74) is 2.96. The minimum atomic E-state index is -0.927. The predicted molar refractivity (Wildman–Crippen MR) is 103 cm³/mol. The number of nitrogens with zero attached hydrogens (tertiary/aromatic N) is 4. The van der Waals surface area contributed by atoms with E-state index in [1.807, 2.05) is 55.5 Å². The first kappa shape index (κ1) is 18.2. The second-order valence-electron chi connectivity index (χ2n) is 6.88. The molecule has 28 heavy (non-hydrogen) atoms.